The van der Waals surface area contributed by atoms with Crippen molar-refractivity contribution in [3.05, 3.63) is 100 Å². The van der Waals surface area contributed by atoms with Crippen molar-refractivity contribution in [2.45, 2.75) is 0 Å². The fourth-order valence-corrected chi connectivity index (χ4v) is 3.04. The Morgan fingerprint density at radius 3 is 2.32 bits per heavy atom. The van der Waals surface area contributed by atoms with Gasteiger partial charge < -0.3 is 14.5 Å². The smallest absolute Gasteiger partial charge is 0.269 e. The van der Waals surface area contributed by atoms with Gasteiger partial charge in [-0.3, -0.25) is 19.7 Å². The van der Waals surface area contributed by atoms with E-state index in [4.69, 9.17) is 9.15 Å². The third-order valence-corrected chi connectivity index (χ3v) is 4.52. The van der Waals surface area contributed by atoms with Crippen molar-refractivity contribution < 1.29 is 23.7 Å². The Morgan fingerprint density at radius 1 is 0.935 bits per heavy atom. The maximum absolute atomic E-state index is 13.0. The molecule has 0 aliphatic rings. The topological polar surface area (TPSA) is 112 Å². The Balaban J connectivity index is 1.55. The van der Waals surface area contributed by atoms with E-state index in [0.717, 1.165) is 0 Å². The third kappa shape index (κ3) is 4.27. The fourth-order valence-electron chi connectivity index (χ4n) is 3.04. The molecule has 8 nitrogen and oxygen atoms in total. The summed E-state index contributed by atoms with van der Waals surface area (Å²) in [5.41, 5.74) is 1.08. The van der Waals surface area contributed by atoms with Gasteiger partial charge in [0, 0.05) is 23.1 Å². The molecule has 31 heavy (non-hydrogen) atoms. The van der Waals surface area contributed by atoms with E-state index in [9.17, 15) is 19.7 Å². The van der Waals surface area contributed by atoms with Gasteiger partial charge in [0.2, 0.25) is 5.78 Å². The van der Waals surface area contributed by atoms with Crippen molar-refractivity contribution in [2.24, 2.45) is 0 Å². The average Bonchev–Trinajstić information content (AvgIpc) is 3.16. The number of fused-ring (bicyclic) bond motifs is 1. The molecule has 0 fully saturated rings. The number of nitrogens with zero attached hydrogens (tertiary/aromatic N) is 1. The number of nitro groups is 1. The van der Waals surface area contributed by atoms with Crippen molar-refractivity contribution in [1.82, 2.24) is 0 Å². The van der Waals surface area contributed by atoms with Gasteiger partial charge in [-0.2, -0.15) is 0 Å². The van der Waals surface area contributed by atoms with E-state index in [-0.39, 0.29) is 29.5 Å². The lowest BCUT2D eigenvalue weighted by Crippen LogP contribution is -2.21. The van der Waals surface area contributed by atoms with Crippen LogP contribution in [0.2, 0.25) is 0 Å². The molecule has 0 saturated carbocycles. The van der Waals surface area contributed by atoms with Crippen LogP contribution >= 0.6 is 0 Å². The Kier molecular flexibility index (Phi) is 5.44. The predicted octanol–water partition coefficient (Wildman–Crippen LogP) is 4.59. The molecule has 4 rings (SSSR count). The molecule has 0 unspecified atom stereocenters. The number of non-ortho nitro benzene ring substituents is 1. The highest BCUT2D eigenvalue weighted by atomic mass is 16.6. The fraction of sp³-hybridized carbons (Fsp3) is 0.0435. The van der Waals surface area contributed by atoms with Crippen molar-refractivity contribution >= 4 is 34.0 Å². The number of anilines is 1. The first-order valence-electron chi connectivity index (χ1n) is 9.31. The van der Waals surface area contributed by atoms with Crippen LogP contribution in [0.15, 0.2) is 83.3 Å². The predicted molar refractivity (Wildman–Crippen MR) is 113 cm³/mol. The van der Waals surface area contributed by atoms with Crippen LogP contribution in [0, 0.1) is 10.1 Å². The first-order valence-corrected chi connectivity index (χ1v) is 9.31. The number of ketones is 1. The van der Waals surface area contributed by atoms with E-state index in [1.54, 1.807) is 54.6 Å². The molecule has 1 aromatic heterocycles. The molecule has 1 heterocycles. The lowest BCUT2D eigenvalue weighted by Gasteiger charge is -2.08. The minimum atomic E-state index is -0.522. The van der Waals surface area contributed by atoms with Crippen LogP contribution < -0.4 is 10.1 Å². The molecule has 1 amide bonds. The summed E-state index contributed by atoms with van der Waals surface area (Å²) in [6.07, 6.45) is 0. The SMILES string of the molecule is O=C(COc1ccc([N+](=O)[O-])cc1)Nc1c(C(=O)c2ccccc2)oc2ccccc12. The average molecular weight is 416 g/mol. The highest BCUT2D eigenvalue weighted by molar-refractivity contribution is 6.17. The van der Waals surface area contributed by atoms with Crippen LogP contribution in [0.4, 0.5) is 11.4 Å². The first kappa shape index (κ1) is 19.8. The Labute approximate surface area is 176 Å². The zero-order valence-electron chi connectivity index (χ0n) is 16.1. The molecule has 0 aliphatic heterocycles. The number of amides is 1. The largest absolute Gasteiger partial charge is 0.484 e. The molecule has 0 spiro atoms. The van der Waals surface area contributed by atoms with Gasteiger partial charge in [0.1, 0.15) is 11.3 Å². The summed E-state index contributed by atoms with van der Waals surface area (Å²) in [4.78, 5) is 35.7. The third-order valence-electron chi connectivity index (χ3n) is 4.52. The van der Waals surface area contributed by atoms with E-state index < -0.39 is 10.8 Å². The Bertz CT molecular complexity index is 1260. The summed E-state index contributed by atoms with van der Waals surface area (Å²) >= 11 is 0. The molecule has 3 aromatic carbocycles. The van der Waals surface area contributed by atoms with Gasteiger partial charge in [0.15, 0.2) is 12.4 Å². The number of hydrogen-bond donors (Lipinski definition) is 1. The van der Waals surface area contributed by atoms with Gasteiger partial charge in [0.05, 0.1) is 10.6 Å². The molecule has 1 N–H and O–H groups in total. The van der Waals surface area contributed by atoms with Crippen LogP contribution in [-0.4, -0.2) is 23.2 Å². The number of hydrogen-bond acceptors (Lipinski definition) is 6. The molecular formula is C23H16N2O6. The van der Waals surface area contributed by atoms with E-state index in [0.29, 0.717) is 22.3 Å². The van der Waals surface area contributed by atoms with Crippen molar-refractivity contribution in [3.8, 4) is 5.75 Å². The number of nitrogens with one attached hydrogen (secondary N) is 1. The zero-order chi connectivity index (χ0) is 21.8. The van der Waals surface area contributed by atoms with Crippen molar-refractivity contribution in [2.75, 3.05) is 11.9 Å². The molecule has 154 valence electrons. The lowest BCUT2D eigenvalue weighted by atomic mass is 10.1. The quantitative estimate of drug-likeness (QED) is 0.268. The minimum Gasteiger partial charge on any atom is -0.484 e. The molecule has 0 saturated heterocycles. The van der Waals surface area contributed by atoms with E-state index >= 15 is 0 Å². The number of para-hydroxylation sites is 1. The minimum absolute atomic E-state index is 0.0242. The number of rotatable bonds is 7. The van der Waals surface area contributed by atoms with Crippen molar-refractivity contribution in [1.29, 1.82) is 0 Å². The second kappa shape index (κ2) is 8.50. The van der Waals surface area contributed by atoms with Crippen LogP contribution in [0.3, 0.4) is 0 Å². The molecule has 0 atom stereocenters. The van der Waals surface area contributed by atoms with Crippen LogP contribution in [0.1, 0.15) is 16.1 Å². The lowest BCUT2D eigenvalue weighted by molar-refractivity contribution is -0.384. The summed E-state index contributed by atoms with van der Waals surface area (Å²) in [7, 11) is 0. The van der Waals surface area contributed by atoms with Gasteiger partial charge in [-0.05, 0) is 24.3 Å². The van der Waals surface area contributed by atoms with E-state index in [2.05, 4.69) is 5.32 Å². The number of benzene rings is 3. The first-order chi connectivity index (χ1) is 15.0. The highest BCUT2D eigenvalue weighted by Gasteiger charge is 2.23. The van der Waals surface area contributed by atoms with Crippen LogP contribution in [-0.2, 0) is 4.79 Å². The standard InChI is InChI=1S/C23H16N2O6/c26-20(14-30-17-12-10-16(11-13-17)25(28)29)24-21-18-8-4-5-9-19(18)31-23(21)22(27)15-6-2-1-3-7-15/h1-13H,14H2,(H,24,26). The number of furan rings is 1. The van der Waals surface area contributed by atoms with Gasteiger partial charge >= 0.3 is 0 Å². The number of carbonyl (C=O) groups excluding carboxylic acids is 2. The summed E-state index contributed by atoms with van der Waals surface area (Å²) in [5, 5.41) is 14.0. The summed E-state index contributed by atoms with van der Waals surface area (Å²) in [6.45, 7) is -0.351. The van der Waals surface area contributed by atoms with Gasteiger partial charge in [0.25, 0.3) is 11.6 Å². The molecule has 8 heteroatoms. The molecule has 0 radical (unpaired) electrons. The van der Waals surface area contributed by atoms with Crippen LogP contribution in [0.25, 0.3) is 11.0 Å². The van der Waals surface area contributed by atoms with E-state index in [1.165, 1.54) is 24.3 Å². The zero-order valence-corrected chi connectivity index (χ0v) is 16.1. The molecule has 4 aromatic rings. The van der Waals surface area contributed by atoms with Gasteiger partial charge in [-0.1, -0.05) is 42.5 Å². The van der Waals surface area contributed by atoms with Crippen molar-refractivity contribution in [3.63, 3.8) is 0 Å². The summed E-state index contributed by atoms with van der Waals surface area (Å²) in [6, 6.07) is 21.0. The maximum Gasteiger partial charge on any atom is 0.269 e. The second-order valence-electron chi connectivity index (χ2n) is 6.59. The van der Waals surface area contributed by atoms with Gasteiger partial charge in [-0.15, -0.1) is 0 Å². The summed E-state index contributed by atoms with van der Waals surface area (Å²) in [5.74, 6) is -0.537. The molecule has 0 bridgehead atoms. The maximum atomic E-state index is 13.0. The second-order valence-corrected chi connectivity index (χ2v) is 6.59. The van der Waals surface area contributed by atoms with Crippen LogP contribution in [0.5, 0.6) is 5.75 Å². The molecular weight excluding hydrogens is 400 g/mol. The summed E-state index contributed by atoms with van der Waals surface area (Å²) < 4.78 is 11.1. The normalized spacial score (nSPS) is 10.6. The number of ether oxygens (including phenoxy) is 1. The van der Waals surface area contributed by atoms with E-state index in [1.807, 2.05) is 0 Å². The highest BCUT2D eigenvalue weighted by Crippen LogP contribution is 2.32. The monoisotopic (exact) mass is 416 g/mol. The van der Waals surface area contributed by atoms with Gasteiger partial charge in [-0.25, -0.2) is 0 Å². The molecule has 0 aliphatic carbocycles. The Morgan fingerprint density at radius 2 is 1.61 bits per heavy atom. The number of carbonyl (C=O) groups is 2. The number of nitro benzene ring substituents is 1. The Hall–Kier alpha value is -4.46.